The summed E-state index contributed by atoms with van der Waals surface area (Å²) in [5.74, 6) is -1.99. The zero-order valence-corrected chi connectivity index (χ0v) is 33.3. The Hall–Kier alpha value is -5.93. The predicted molar refractivity (Wildman–Crippen MR) is 226 cm³/mol. The molecule has 0 amide bonds. The van der Waals surface area contributed by atoms with E-state index in [9.17, 15) is 40.3 Å². The second kappa shape index (κ2) is 22.4. The van der Waals surface area contributed by atoms with E-state index in [4.69, 9.17) is 27.9 Å². The third kappa shape index (κ3) is 13.8. The average molecular weight is 860 g/mol. The molecule has 313 valence electrons. The van der Waals surface area contributed by atoms with E-state index in [0.717, 1.165) is 0 Å². The fourth-order valence-electron chi connectivity index (χ4n) is 5.15. The van der Waals surface area contributed by atoms with Gasteiger partial charge in [-0.25, -0.2) is 55.5 Å². The molecule has 2 heterocycles. The molecule has 0 bridgehead atoms. The number of rotatable bonds is 11. The van der Waals surface area contributed by atoms with Gasteiger partial charge in [-0.15, -0.1) is 0 Å². The Balaban J connectivity index is 0.000000284. The van der Waals surface area contributed by atoms with Gasteiger partial charge < -0.3 is 24.1 Å². The van der Waals surface area contributed by atoms with Crippen LogP contribution in [0.4, 0.5) is 8.78 Å². The molecule has 0 fully saturated rings. The van der Waals surface area contributed by atoms with Gasteiger partial charge in [-0.3, -0.25) is 0 Å². The topological polar surface area (TPSA) is 240 Å². The number of carboxylic acids is 1. The summed E-state index contributed by atoms with van der Waals surface area (Å²) in [5, 5.41) is 27.0. The molecule has 0 saturated carbocycles. The number of aromatic carboxylic acids is 1. The minimum absolute atomic E-state index is 0.0472. The van der Waals surface area contributed by atoms with Crippen molar-refractivity contribution < 1.29 is 50.2 Å². The Morgan fingerprint density at radius 2 is 1.08 bits per heavy atom. The number of nitrogens with zero attached hydrogens (tertiary/aromatic N) is 4. The molecule has 15 nitrogen and oxygen atoms in total. The average Bonchev–Trinajstić information content (AvgIpc) is 3.82. The van der Waals surface area contributed by atoms with Crippen LogP contribution in [0.3, 0.4) is 0 Å². The van der Waals surface area contributed by atoms with Gasteiger partial charge >= 0.3 is 11.9 Å². The smallest absolute Gasteiger partial charge is 0.358 e. The summed E-state index contributed by atoms with van der Waals surface area (Å²) in [4.78, 5) is 31.6. The summed E-state index contributed by atoms with van der Waals surface area (Å²) >= 11 is 0. The van der Waals surface area contributed by atoms with E-state index in [1.54, 1.807) is 61.9 Å². The van der Waals surface area contributed by atoms with Crippen molar-refractivity contribution in [1.29, 1.82) is 0 Å². The molecule has 0 aliphatic heterocycles. The number of primary sulfonamides is 2. The number of esters is 1. The second-order valence-corrected chi connectivity index (χ2v) is 14.9. The Bertz CT molecular complexity index is 2590. The molecule has 0 aliphatic rings. The first-order valence-corrected chi connectivity index (χ1v) is 20.3. The maximum Gasteiger partial charge on any atom is 0.358 e. The molecule has 4 aromatic carbocycles. The number of benzene rings is 4. The third-order valence-corrected chi connectivity index (χ3v) is 9.59. The molecular weight excluding hydrogens is 819 g/mol. The van der Waals surface area contributed by atoms with Gasteiger partial charge in [-0.2, -0.15) is 7.06 Å². The predicted octanol–water partition coefficient (Wildman–Crippen LogP) is 2.70. The Labute approximate surface area is 349 Å². The lowest BCUT2D eigenvalue weighted by Gasteiger charge is -2.09. The number of ether oxygens (including phenoxy) is 1. The van der Waals surface area contributed by atoms with Gasteiger partial charge in [0.15, 0.2) is 11.4 Å². The summed E-state index contributed by atoms with van der Waals surface area (Å²) < 4.78 is 81.7. The molecular formula is C38H41B3F2N6O9S2-. The number of sulfonamides is 2. The number of carbonyl (C=O) groups is 2. The molecule has 0 saturated heterocycles. The van der Waals surface area contributed by atoms with E-state index in [1.165, 1.54) is 77.6 Å². The van der Waals surface area contributed by atoms with Crippen LogP contribution in [0.15, 0.2) is 119 Å². The van der Waals surface area contributed by atoms with Crippen LogP contribution in [0.5, 0.6) is 0 Å². The second-order valence-electron chi connectivity index (χ2n) is 11.8. The van der Waals surface area contributed by atoms with Gasteiger partial charge in [0.25, 0.3) is 0 Å². The highest BCUT2D eigenvalue weighted by Gasteiger charge is 2.19. The van der Waals surface area contributed by atoms with Gasteiger partial charge in [-0.1, -0.05) is 44.1 Å². The highest BCUT2D eigenvalue weighted by molar-refractivity contribution is 7.89. The number of hydrogen-bond donors (Lipinski definition) is 4. The highest BCUT2D eigenvalue weighted by atomic mass is 32.2. The number of aliphatic hydroxyl groups is 1. The SMILES string of the molecule is CCO.CCOC(=O)c1cn(Cc2ccccc2F)c(-c2ccc(S(N)(=O)=O)cc2)n1.NS(=O)(=O)c1ccc(-c2nc(C(=O)O)cn2Cc2ccccc2F)cc1.[B][B][BH3-]. The fraction of sp³-hybridized carbons (Fsp3) is 0.158. The van der Waals surface area contributed by atoms with Crippen LogP contribution < -0.4 is 10.3 Å². The lowest BCUT2D eigenvalue weighted by Crippen LogP contribution is -2.11. The van der Waals surface area contributed by atoms with Gasteiger partial charge in [-0.05, 0) is 82.2 Å². The molecule has 2 aromatic heterocycles. The van der Waals surface area contributed by atoms with Crippen LogP contribution in [-0.2, 0) is 37.9 Å². The molecule has 0 atom stereocenters. The first kappa shape index (κ1) is 48.4. The Kier molecular flexibility index (Phi) is 18.1. The lowest BCUT2D eigenvalue weighted by atomic mass is 9.40. The van der Waals surface area contributed by atoms with E-state index >= 15 is 0 Å². The largest absolute Gasteiger partial charge is 0.476 e. The fourth-order valence-corrected chi connectivity index (χ4v) is 6.18. The first-order chi connectivity index (χ1) is 28.4. The van der Waals surface area contributed by atoms with Crippen molar-refractivity contribution in [2.75, 3.05) is 13.2 Å². The van der Waals surface area contributed by atoms with E-state index in [2.05, 4.69) is 9.97 Å². The Morgan fingerprint density at radius 1 is 0.733 bits per heavy atom. The standard InChI is InChI=1S/C19H18FN3O4S.C17H14FN3O4S.C2H6O.B3H3/c1-2-27-19(24)17-12-23(11-14-5-3-4-6-16(14)20)18(22-17)13-7-9-15(10-8-13)28(21,25)26;18-14-4-2-1-3-12(14)9-21-10-15(17(22)23)20-16(21)11-5-7-13(8-6-11)26(19,24)25;1-2-3;1-3-2/h3-10,12H,2,11H2,1H3,(H2,21,25,26);1-8,10H,9H2,(H,22,23)(H2,19,24,25);3H,2H2,1H3;1H3/q;;;-1. The van der Waals surface area contributed by atoms with Crippen molar-refractivity contribution in [3.8, 4) is 22.8 Å². The molecule has 0 unspecified atom stereocenters. The number of imidazole rings is 2. The van der Waals surface area contributed by atoms with Gasteiger partial charge in [0.05, 0.1) is 29.5 Å². The van der Waals surface area contributed by atoms with Crippen molar-refractivity contribution in [2.24, 2.45) is 10.3 Å². The van der Waals surface area contributed by atoms with E-state index in [0.29, 0.717) is 35.8 Å². The van der Waals surface area contributed by atoms with Gasteiger partial charge in [0, 0.05) is 41.3 Å². The van der Waals surface area contributed by atoms with Crippen molar-refractivity contribution in [2.45, 2.75) is 36.7 Å². The maximum absolute atomic E-state index is 14.1. The number of halogens is 2. The van der Waals surface area contributed by atoms with Gasteiger partial charge in [0.1, 0.15) is 23.3 Å². The third-order valence-electron chi connectivity index (χ3n) is 7.74. The van der Waals surface area contributed by atoms with Crippen LogP contribution in [-0.4, -0.2) is 93.8 Å². The van der Waals surface area contributed by atoms with Crippen molar-refractivity contribution >= 4 is 54.5 Å². The van der Waals surface area contributed by atoms with E-state index in [1.807, 2.05) is 0 Å². The lowest BCUT2D eigenvalue weighted by molar-refractivity contribution is 0.0519. The molecule has 3 radical (unpaired) electrons. The minimum atomic E-state index is -3.85. The van der Waals surface area contributed by atoms with E-state index < -0.39 is 37.8 Å². The van der Waals surface area contributed by atoms with Gasteiger partial charge in [0.2, 0.25) is 20.0 Å². The van der Waals surface area contributed by atoms with Crippen LogP contribution >= 0.6 is 0 Å². The monoisotopic (exact) mass is 860 g/mol. The molecule has 6 aromatic rings. The molecule has 0 spiro atoms. The van der Waals surface area contributed by atoms with E-state index in [-0.39, 0.29) is 59.1 Å². The van der Waals surface area contributed by atoms with Crippen molar-refractivity contribution in [3.63, 3.8) is 0 Å². The molecule has 22 heteroatoms. The molecule has 60 heavy (non-hydrogen) atoms. The van der Waals surface area contributed by atoms with Crippen molar-refractivity contribution in [1.82, 2.24) is 19.1 Å². The number of aromatic nitrogens is 4. The minimum Gasteiger partial charge on any atom is -0.476 e. The van der Waals surface area contributed by atoms with Crippen molar-refractivity contribution in [3.05, 3.63) is 144 Å². The summed E-state index contributed by atoms with van der Waals surface area (Å²) in [6.45, 7) is 4.00. The maximum atomic E-state index is 14.1. The number of nitrogens with two attached hydrogens (primary N) is 2. The summed E-state index contributed by atoms with van der Waals surface area (Å²) in [7, 11) is -0.678. The zero-order valence-electron chi connectivity index (χ0n) is 31.6. The normalized spacial score (nSPS) is 10.8. The molecule has 0 aliphatic carbocycles. The number of hydrogen-bond acceptors (Lipinski definition) is 10. The van der Waals surface area contributed by atoms with Crippen LogP contribution in [0.25, 0.3) is 22.8 Å². The number of carbonyl (C=O) groups excluding carboxylic acids is 1. The summed E-state index contributed by atoms with van der Waals surface area (Å²) in [6, 6.07) is 23.7. The zero-order chi connectivity index (χ0) is 44.6. The molecule has 6 rings (SSSR count). The number of carboxylic acid groups (broad SMARTS) is 1. The van der Waals surface area contributed by atoms with Crippen LogP contribution in [0.1, 0.15) is 46.0 Å². The number of aliphatic hydroxyl groups excluding tert-OH is 1. The molecule has 6 N–H and O–H groups in total. The van der Waals surface area contributed by atoms with Crippen LogP contribution in [0.2, 0.25) is 0 Å². The quantitative estimate of drug-likeness (QED) is 0.109. The Morgan fingerprint density at radius 3 is 1.42 bits per heavy atom. The summed E-state index contributed by atoms with van der Waals surface area (Å²) in [5.41, 5.74) is 1.66. The first-order valence-electron chi connectivity index (χ1n) is 17.2. The summed E-state index contributed by atoms with van der Waals surface area (Å²) in [6.07, 6.45) is 2.78. The van der Waals surface area contributed by atoms with Crippen LogP contribution in [0, 0.1) is 11.6 Å². The highest BCUT2D eigenvalue weighted by Crippen LogP contribution is 2.25.